The highest BCUT2D eigenvalue weighted by atomic mass is 35.5. The Bertz CT molecular complexity index is 768. The van der Waals surface area contributed by atoms with E-state index in [0.29, 0.717) is 17.4 Å². The second kappa shape index (κ2) is 5.97. The standard InChI is InChI=1S/C16H14ClN3O/c17-15-9-12-8-13(20-14(12)10-19-15)16(21)18-7-6-11-4-2-1-3-5-11/h1-5,8-10,20H,6-7H2,(H,18,21). The molecule has 2 aromatic heterocycles. The van der Waals surface area contributed by atoms with Crippen molar-refractivity contribution in [2.75, 3.05) is 6.54 Å². The lowest BCUT2D eigenvalue weighted by Crippen LogP contribution is -2.25. The van der Waals surface area contributed by atoms with E-state index in [0.717, 1.165) is 17.3 Å². The van der Waals surface area contributed by atoms with Gasteiger partial charge in [0, 0.05) is 11.9 Å². The molecule has 0 bridgehead atoms. The van der Waals surface area contributed by atoms with Crippen LogP contribution in [0.3, 0.4) is 0 Å². The highest BCUT2D eigenvalue weighted by Crippen LogP contribution is 2.17. The molecular formula is C16H14ClN3O. The fourth-order valence-corrected chi connectivity index (χ4v) is 2.35. The maximum Gasteiger partial charge on any atom is 0.267 e. The molecule has 0 atom stereocenters. The molecule has 0 saturated heterocycles. The molecule has 1 aromatic carbocycles. The van der Waals surface area contributed by atoms with Gasteiger partial charge < -0.3 is 10.3 Å². The van der Waals surface area contributed by atoms with Crippen LogP contribution in [-0.4, -0.2) is 22.4 Å². The lowest BCUT2D eigenvalue weighted by molar-refractivity contribution is 0.0950. The zero-order chi connectivity index (χ0) is 14.7. The molecule has 0 radical (unpaired) electrons. The molecule has 4 nitrogen and oxygen atoms in total. The first kappa shape index (κ1) is 13.6. The summed E-state index contributed by atoms with van der Waals surface area (Å²) in [6.07, 6.45) is 2.43. The van der Waals surface area contributed by atoms with E-state index < -0.39 is 0 Å². The van der Waals surface area contributed by atoms with E-state index in [9.17, 15) is 4.79 Å². The number of hydrogen-bond acceptors (Lipinski definition) is 2. The normalized spacial score (nSPS) is 10.7. The number of amides is 1. The first-order chi connectivity index (χ1) is 10.2. The van der Waals surface area contributed by atoms with Crippen molar-refractivity contribution >= 4 is 28.4 Å². The predicted octanol–water partition coefficient (Wildman–Crippen LogP) is 3.19. The molecule has 0 aliphatic rings. The van der Waals surface area contributed by atoms with Gasteiger partial charge in [-0.2, -0.15) is 0 Å². The Kier molecular flexibility index (Phi) is 3.88. The Morgan fingerprint density at radius 3 is 2.86 bits per heavy atom. The fraction of sp³-hybridized carbons (Fsp3) is 0.125. The third-order valence-corrected chi connectivity index (χ3v) is 3.47. The molecule has 5 heteroatoms. The van der Waals surface area contributed by atoms with Crippen LogP contribution in [0.2, 0.25) is 5.15 Å². The number of hydrogen-bond donors (Lipinski definition) is 2. The number of nitrogens with one attached hydrogen (secondary N) is 2. The van der Waals surface area contributed by atoms with Crippen molar-refractivity contribution in [3.8, 4) is 0 Å². The molecule has 0 aliphatic heterocycles. The van der Waals surface area contributed by atoms with E-state index in [-0.39, 0.29) is 5.91 Å². The predicted molar refractivity (Wildman–Crippen MR) is 83.6 cm³/mol. The Hall–Kier alpha value is -2.33. The molecule has 1 amide bonds. The Morgan fingerprint density at radius 2 is 2.05 bits per heavy atom. The van der Waals surface area contributed by atoms with E-state index in [4.69, 9.17) is 11.6 Å². The number of halogens is 1. The van der Waals surface area contributed by atoms with E-state index >= 15 is 0 Å². The molecule has 0 aliphatic carbocycles. The first-order valence-corrected chi connectivity index (χ1v) is 7.06. The highest BCUT2D eigenvalue weighted by molar-refractivity contribution is 6.30. The maximum atomic E-state index is 12.1. The van der Waals surface area contributed by atoms with Gasteiger partial charge in [-0.05, 0) is 24.1 Å². The molecule has 3 rings (SSSR count). The summed E-state index contributed by atoms with van der Waals surface area (Å²) in [5.74, 6) is -0.127. The quantitative estimate of drug-likeness (QED) is 0.727. The zero-order valence-electron chi connectivity index (χ0n) is 11.3. The van der Waals surface area contributed by atoms with Crippen LogP contribution in [0.1, 0.15) is 16.1 Å². The van der Waals surface area contributed by atoms with Gasteiger partial charge in [-0.3, -0.25) is 4.79 Å². The van der Waals surface area contributed by atoms with Crippen molar-refractivity contribution in [2.45, 2.75) is 6.42 Å². The largest absolute Gasteiger partial charge is 0.350 e. The van der Waals surface area contributed by atoms with Crippen LogP contribution in [-0.2, 0) is 6.42 Å². The summed E-state index contributed by atoms with van der Waals surface area (Å²) in [4.78, 5) is 19.1. The van der Waals surface area contributed by atoms with Crippen molar-refractivity contribution in [1.82, 2.24) is 15.3 Å². The van der Waals surface area contributed by atoms with Gasteiger partial charge in [0.1, 0.15) is 10.8 Å². The van der Waals surface area contributed by atoms with Crippen LogP contribution in [0.15, 0.2) is 48.7 Å². The van der Waals surface area contributed by atoms with Crippen LogP contribution in [0.5, 0.6) is 0 Å². The second-order valence-electron chi connectivity index (χ2n) is 4.77. The van der Waals surface area contributed by atoms with Crippen LogP contribution < -0.4 is 5.32 Å². The summed E-state index contributed by atoms with van der Waals surface area (Å²) in [6.45, 7) is 0.594. The Labute approximate surface area is 127 Å². The topological polar surface area (TPSA) is 57.8 Å². The van der Waals surface area contributed by atoms with Crippen molar-refractivity contribution in [2.24, 2.45) is 0 Å². The van der Waals surface area contributed by atoms with Crippen molar-refractivity contribution in [3.05, 3.63) is 65.1 Å². The molecule has 2 heterocycles. The lowest BCUT2D eigenvalue weighted by Gasteiger charge is -2.03. The molecule has 0 spiro atoms. The number of carbonyl (C=O) groups is 1. The van der Waals surface area contributed by atoms with Gasteiger partial charge in [-0.25, -0.2) is 4.98 Å². The van der Waals surface area contributed by atoms with Crippen LogP contribution in [0.4, 0.5) is 0 Å². The number of nitrogens with zero attached hydrogens (tertiary/aromatic N) is 1. The number of benzene rings is 1. The third kappa shape index (κ3) is 3.23. The van der Waals surface area contributed by atoms with Gasteiger partial charge in [0.05, 0.1) is 11.7 Å². The summed E-state index contributed by atoms with van der Waals surface area (Å²) < 4.78 is 0. The summed E-state index contributed by atoms with van der Waals surface area (Å²) in [5.41, 5.74) is 2.51. The fourth-order valence-electron chi connectivity index (χ4n) is 2.19. The lowest BCUT2D eigenvalue weighted by atomic mass is 10.1. The average molecular weight is 300 g/mol. The van der Waals surface area contributed by atoms with Gasteiger partial charge in [-0.15, -0.1) is 0 Å². The number of carbonyl (C=O) groups excluding carboxylic acids is 1. The van der Waals surface area contributed by atoms with Gasteiger partial charge in [0.25, 0.3) is 5.91 Å². The average Bonchev–Trinajstić information content (AvgIpc) is 2.91. The highest BCUT2D eigenvalue weighted by Gasteiger charge is 2.09. The van der Waals surface area contributed by atoms with Crippen molar-refractivity contribution in [3.63, 3.8) is 0 Å². The minimum atomic E-state index is -0.127. The van der Waals surface area contributed by atoms with Gasteiger partial charge in [0.2, 0.25) is 0 Å². The molecule has 106 valence electrons. The number of aromatic nitrogens is 2. The molecule has 2 N–H and O–H groups in total. The molecule has 0 fully saturated rings. The van der Waals surface area contributed by atoms with E-state index in [1.165, 1.54) is 5.56 Å². The number of fused-ring (bicyclic) bond motifs is 1. The first-order valence-electron chi connectivity index (χ1n) is 6.69. The summed E-state index contributed by atoms with van der Waals surface area (Å²) in [7, 11) is 0. The van der Waals surface area contributed by atoms with Gasteiger partial charge in [0.15, 0.2) is 0 Å². The van der Waals surface area contributed by atoms with E-state index in [1.807, 2.05) is 30.3 Å². The number of aromatic amines is 1. The monoisotopic (exact) mass is 299 g/mol. The Morgan fingerprint density at radius 1 is 1.24 bits per heavy atom. The maximum absolute atomic E-state index is 12.1. The molecule has 3 aromatic rings. The molecule has 0 unspecified atom stereocenters. The van der Waals surface area contributed by atoms with Crippen molar-refractivity contribution in [1.29, 1.82) is 0 Å². The number of rotatable bonds is 4. The summed E-state index contributed by atoms with van der Waals surface area (Å²) in [5, 5.41) is 4.19. The molecule has 0 saturated carbocycles. The summed E-state index contributed by atoms with van der Waals surface area (Å²) >= 11 is 5.83. The van der Waals surface area contributed by atoms with Gasteiger partial charge >= 0.3 is 0 Å². The van der Waals surface area contributed by atoms with E-state index in [1.54, 1.807) is 18.3 Å². The zero-order valence-corrected chi connectivity index (χ0v) is 12.0. The van der Waals surface area contributed by atoms with E-state index in [2.05, 4.69) is 15.3 Å². The minimum Gasteiger partial charge on any atom is -0.350 e. The minimum absolute atomic E-state index is 0.127. The van der Waals surface area contributed by atoms with Crippen LogP contribution in [0.25, 0.3) is 10.9 Å². The van der Waals surface area contributed by atoms with Gasteiger partial charge in [-0.1, -0.05) is 41.9 Å². The smallest absolute Gasteiger partial charge is 0.267 e. The number of pyridine rings is 1. The molecule has 21 heavy (non-hydrogen) atoms. The third-order valence-electron chi connectivity index (χ3n) is 3.26. The SMILES string of the molecule is O=C(NCCc1ccccc1)c1cc2cc(Cl)ncc2[nH]1. The molecular weight excluding hydrogens is 286 g/mol. The number of H-pyrrole nitrogens is 1. The second-order valence-corrected chi connectivity index (χ2v) is 5.16. The van der Waals surface area contributed by atoms with Crippen LogP contribution >= 0.6 is 11.6 Å². The van der Waals surface area contributed by atoms with Crippen LogP contribution in [0, 0.1) is 0 Å². The van der Waals surface area contributed by atoms with Crippen molar-refractivity contribution < 1.29 is 4.79 Å². The summed E-state index contributed by atoms with van der Waals surface area (Å²) in [6, 6.07) is 13.6. The Balaban J connectivity index is 1.64.